The third-order valence-corrected chi connectivity index (χ3v) is 7.39. The van der Waals surface area contributed by atoms with Gasteiger partial charge in [-0.25, -0.2) is 8.42 Å². The van der Waals surface area contributed by atoms with Crippen molar-refractivity contribution in [1.82, 2.24) is 4.98 Å². The van der Waals surface area contributed by atoms with Gasteiger partial charge in [0.25, 0.3) is 0 Å². The highest BCUT2D eigenvalue weighted by Gasteiger charge is 2.34. The van der Waals surface area contributed by atoms with Crippen LogP contribution in [0.2, 0.25) is 0 Å². The minimum absolute atomic E-state index is 0.0583. The number of aliphatic hydroxyl groups is 1. The Morgan fingerprint density at radius 2 is 1.83 bits per heavy atom. The molecular formula is C22H26N2O4S. The minimum Gasteiger partial charge on any atom is -0.495 e. The first kappa shape index (κ1) is 21.1. The van der Waals surface area contributed by atoms with Gasteiger partial charge < -0.3 is 15.2 Å². The molecule has 0 fully saturated rings. The number of hydrogen-bond donors (Lipinski definition) is 2. The molecule has 0 bridgehead atoms. The van der Waals surface area contributed by atoms with Crippen molar-refractivity contribution in [3.05, 3.63) is 53.7 Å². The van der Waals surface area contributed by atoms with E-state index < -0.39 is 14.6 Å². The zero-order valence-electron chi connectivity index (χ0n) is 17.3. The molecule has 3 rings (SSSR count). The van der Waals surface area contributed by atoms with Crippen molar-refractivity contribution in [2.75, 3.05) is 12.4 Å². The Morgan fingerprint density at radius 1 is 1.10 bits per heavy atom. The van der Waals surface area contributed by atoms with E-state index in [1.54, 1.807) is 45.2 Å². The predicted octanol–water partition coefficient (Wildman–Crippen LogP) is 4.36. The van der Waals surface area contributed by atoms with Crippen LogP contribution in [0.5, 0.6) is 5.75 Å². The fourth-order valence-electron chi connectivity index (χ4n) is 3.01. The number of benzene rings is 2. The fraction of sp³-hybridized carbons (Fsp3) is 0.318. The molecule has 0 unspecified atom stereocenters. The van der Waals surface area contributed by atoms with E-state index in [-0.39, 0.29) is 17.3 Å². The first-order valence-corrected chi connectivity index (χ1v) is 10.8. The lowest BCUT2D eigenvalue weighted by atomic mass is 10.1. The second-order valence-corrected chi connectivity index (χ2v) is 10.6. The fourth-order valence-corrected chi connectivity index (χ4v) is 4.35. The summed E-state index contributed by atoms with van der Waals surface area (Å²) >= 11 is 0. The molecule has 0 saturated heterocycles. The Hall–Kier alpha value is -2.64. The van der Waals surface area contributed by atoms with Gasteiger partial charge in [-0.1, -0.05) is 12.1 Å². The van der Waals surface area contributed by atoms with Gasteiger partial charge in [-0.15, -0.1) is 0 Å². The molecule has 6 nitrogen and oxygen atoms in total. The first-order chi connectivity index (χ1) is 13.6. The maximum Gasteiger partial charge on any atom is 0.186 e. The van der Waals surface area contributed by atoms with Crippen molar-refractivity contribution in [1.29, 1.82) is 0 Å². The Bertz CT molecular complexity index is 1170. The van der Waals surface area contributed by atoms with Gasteiger partial charge in [0.15, 0.2) is 9.84 Å². The Kier molecular flexibility index (Phi) is 5.56. The smallest absolute Gasteiger partial charge is 0.186 e. The molecule has 0 atom stereocenters. The normalized spacial score (nSPS) is 12.2. The molecule has 0 aliphatic heterocycles. The van der Waals surface area contributed by atoms with Crippen molar-refractivity contribution < 1.29 is 18.3 Å². The number of ether oxygens (including phenoxy) is 1. The largest absolute Gasteiger partial charge is 0.495 e. The summed E-state index contributed by atoms with van der Waals surface area (Å²) in [4.78, 5) is 4.51. The summed E-state index contributed by atoms with van der Waals surface area (Å²) in [6, 6.07) is 10.7. The molecule has 7 heteroatoms. The van der Waals surface area contributed by atoms with Crippen LogP contribution in [0.25, 0.3) is 10.9 Å². The number of rotatable bonds is 5. The van der Waals surface area contributed by atoms with Gasteiger partial charge in [-0.05, 0) is 57.0 Å². The quantitative estimate of drug-likeness (QED) is 0.645. The van der Waals surface area contributed by atoms with Gasteiger partial charge in [0.05, 0.1) is 24.0 Å². The van der Waals surface area contributed by atoms with Crippen LogP contribution in [0.4, 0.5) is 11.4 Å². The van der Waals surface area contributed by atoms with E-state index >= 15 is 0 Å². The van der Waals surface area contributed by atoms with Gasteiger partial charge in [0, 0.05) is 29.0 Å². The van der Waals surface area contributed by atoms with E-state index in [2.05, 4.69) is 10.3 Å². The summed E-state index contributed by atoms with van der Waals surface area (Å²) < 4.78 is 30.7. The molecule has 29 heavy (non-hydrogen) atoms. The molecule has 0 aliphatic rings. The zero-order chi connectivity index (χ0) is 21.4. The maximum absolute atomic E-state index is 13.1. The number of sulfone groups is 1. The SMILES string of the molecule is COc1cc2nccc(Nc3cc(CO)ccc3C)c2cc1S(=O)(=O)C(C)(C)C. The van der Waals surface area contributed by atoms with Crippen LogP contribution in [-0.2, 0) is 16.4 Å². The highest BCUT2D eigenvalue weighted by molar-refractivity contribution is 7.92. The molecule has 154 valence electrons. The number of pyridine rings is 1. The average Bonchev–Trinajstić information content (AvgIpc) is 2.67. The molecule has 0 saturated carbocycles. The van der Waals surface area contributed by atoms with Crippen molar-refractivity contribution in [3.8, 4) is 5.75 Å². The number of aliphatic hydroxyl groups excluding tert-OH is 1. The molecule has 0 aliphatic carbocycles. The first-order valence-electron chi connectivity index (χ1n) is 9.27. The highest BCUT2D eigenvalue weighted by atomic mass is 32.2. The summed E-state index contributed by atoms with van der Waals surface area (Å²) in [5.41, 5.74) is 3.97. The van der Waals surface area contributed by atoms with Gasteiger partial charge in [0.1, 0.15) is 10.6 Å². The summed E-state index contributed by atoms with van der Waals surface area (Å²) in [6.45, 7) is 6.90. The lowest BCUT2D eigenvalue weighted by Crippen LogP contribution is -2.28. The maximum atomic E-state index is 13.1. The number of nitrogens with zero attached hydrogens (tertiary/aromatic N) is 1. The summed E-state index contributed by atoms with van der Waals surface area (Å²) in [6.07, 6.45) is 1.66. The third kappa shape index (κ3) is 3.93. The van der Waals surface area contributed by atoms with Crippen molar-refractivity contribution in [2.45, 2.75) is 43.9 Å². The highest BCUT2D eigenvalue weighted by Crippen LogP contribution is 2.37. The number of methoxy groups -OCH3 is 1. The van der Waals surface area contributed by atoms with Crippen LogP contribution in [0.3, 0.4) is 0 Å². The number of nitrogens with one attached hydrogen (secondary N) is 1. The van der Waals surface area contributed by atoms with Crippen LogP contribution in [0, 0.1) is 6.92 Å². The average molecular weight is 415 g/mol. The second-order valence-electron chi connectivity index (χ2n) is 7.93. The summed E-state index contributed by atoms with van der Waals surface area (Å²) in [7, 11) is -2.18. The third-order valence-electron chi connectivity index (χ3n) is 4.88. The van der Waals surface area contributed by atoms with Gasteiger partial charge in [0.2, 0.25) is 0 Å². The molecule has 2 aromatic carbocycles. The molecule has 0 radical (unpaired) electrons. The van der Waals surface area contributed by atoms with Crippen LogP contribution >= 0.6 is 0 Å². The van der Waals surface area contributed by atoms with Crippen LogP contribution in [0.1, 0.15) is 31.9 Å². The molecule has 0 amide bonds. The summed E-state index contributed by atoms with van der Waals surface area (Å²) in [5.74, 6) is 0.274. The molecule has 1 aromatic heterocycles. The van der Waals surface area contributed by atoms with E-state index in [0.717, 1.165) is 22.5 Å². The summed E-state index contributed by atoms with van der Waals surface area (Å²) in [5, 5.41) is 13.5. The molecule has 1 heterocycles. The van der Waals surface area contributed by atoms with Gasteiger partial charge in [-0.2, -0.15) is 0 Å². The number of anilines is 2. The van der Waals surface area contributed by atoms with Crippen molar-refractivity contribution in [2.24, 2.45) is 0 Å². The molecule has 3 aromatic rings. The van der Waals surface area contributed by atoms with E-state index in [1.165, 1.54) is 7.11 Å². The standard InChI is InChI=1S/C22H26N2O4S/c1-14-6-7-15(13-25)10-18(14)24-17-8-9-23-19-12-20(28-5)21(11-16(17)19)29(26,27)22(2,3)4/h6-12,25H,13H2,1-5H3,(H,23,24). The minimum atomic E-state index is -3.63. The predicted molar refractivity (Wildman–Crippen MR) is 116 cm³/mol. The van der Waals surface area contributed by atoms with Gasteiger partial charge >= 0.3 is 0 Å². The van der Waals surface area contributed by atoms with Crippen LogP contribution in [0.15, 0.2) is 47.5 Å². The monoisotopic (exact) mass is 414 g/mol. The number of aromatic nitrogens is 1. The van der Waals surface area contributed by atoms with E-state index in [9.17, 15) is 13.5 Å². The Morgan fingerprint density at radius 3 is 2.45 bits per heavy atom. The second kappa shape index (κ2) is 7.65. The van der Waals surface area contributed by atoms with E-state index in [4.69, 9.17) is 4.74 Å². The Balaban J connectivity index is 2.22. The molecule has 2 N–H and O–H groups in total. The molecular weight excluding hydrogens is 388 g/mol. The van der Waals surface area contributed by atoms with Crippen LogP contribution < -0.4 is 10.1 Å². The Labute approximate surface area is 171 Å². The van der Waals surface area contributed by atoms with Gasteiger partial charge in [-0.3, -0.25) is 4.98 Å². The topological polar surface area (TPSA) is 88.5 Å². The van der Waals surface area contributed by atoms with E-state index in [1.807, 2.05) is 25.1 Å². The lowest BCUT2D eigenvalue weighted by molar-refractivity contribution is 0.282. The number of hydrogen-bond acceptors (Lipinski definition) is 6. The van der Waals surface area contributed by atoms with E-state index in [0.29, 0.717) is 10.9 Å². The van der Waals surface area contributed by atoms with Crippen molar-refractivity contribution in [3.63, 3.8) is 0 Å². The number of fused-ring (bicyclic) bond motifs is 1. The van der Waals surface area contributed by atoms with Crippen LogP contribution in [-0.4, -0.2) is 30.4 Å². The number of aryl methyl sites for hydroxylation is 1. The molecule has 0 spiro atoms. The lowest BCUT2D eigenvalue weighted by Gasteiger charge is -2.22. The van der Waals surface area contributed by atoms with Crippen molar-refractivity contribution >= 4 is 32.1 Å². The zero-order valence-corrected chi connectivity index (χ0v) is 18.1.